The van der Waals surface area contributed by atoms with E-state index in [2.05, 4.69) is 41.5 Å². The first-order chi connectivity index (χ1) is 13.8. The molecule has 10 heteroatoms. The van der Waals surface area contributed by atoms with Gasteiger partial charge in [-0.1, -0.05) is 0 Å². The molecule has 0 aliphatic carbocycles. The average molecular weight is 394 g/mol. The summed E-state index contributed by atoms with van der Waals surface area (Å²) in [6.45, 7) is 2.42. The highest BCUT2D eigenvalue weighted by Crippen LogP contribution is 2.30. The third-order valence-electron chi connectivity index (χ3n) is 5.09. The lowest BCUT2D eigenvalue weighted by atomic mass is 9.96. The largest absolute Gasteiger partial charge is 0.356 e. The van der Waals surface area contributed by atoms with E-state index in [0.717, 1.165) is 42.0 Å². The van der Waals surface area contributed by atoms with Gasteiger partial charge in [0.15, 0.2) is 5.82 Å². The minimum atomic E-state index is -0.0953. The minimum absolute atomic E-state index is 0.0953. The van der Waals surface area contributed by atoms with Crippen molar-refractivity contribution in [2.75, 3.05) is 18.0 Å². The van der Waals surface area contributed by atoms with Crippen molar-refractivity contribution in [2.45, 2.75) is 19.4 Å². The zero-order chi connectivity index (χ0) is 18.9. The molecule has 0 N–H and O–H groups in total. The molecule has 0 unspecified atom stereocenters. The third kappa shape index (κ3) is 3.15. The summed E-state index contributed by atoms with van der Waals surface area (Å²) < 4.78 is 3.10. The molecule has 1 saturated heterocycles. The van der Waals surface area contributed by atoms with Gasteiger partial charge in [-0.05, 0) is 36.3 Å². The molecule has 0 bridgehead atoms. The Hall–Kier alpha value is -3.14. The second-order valence-electron chi connectivity index (χ2n) is 6.82. The summed E-state index contributed by atoms with van der Waals surface area (Å²) in [7, 11) is 0. The normalized spacial score (nSPS) is 15.4. The van der Waals surface area contributed by atoms with Crippen LogP contribution in [0.15, 0.2) is 47.4 Å². The minimum Gasteiger partial charge on any atom is -0.356 e. The molecule has 142 valence electrons. The lowest BCUT2D eigenvalue weighted by Gasteiger charge is -2.33. The maximum absolute atomic E-state index is 12.2. The summed E-state index contributed by atoms with van der Waals surface area (Å²) in [5.74, 6) is 2.00. The predicted octanol–water partition coefficient (Wildman–Crippen LogP) is 1.75. The Morgan fingerprint density at radius 3 is 2.82 bits per heavy atom. The first-order valence-corrected chi connectivity index (χ1v) is 10.0. The lowest BCUT2D eigenvalue weighted by molar-refractivity contribution is 0.334. The maximum Gasteiger partial charge on any atom is 0.266 e. The van der Waals surface area contributed by atoms with Crippen molar-refractivity contribution in [3.8, 4) is 5.82 Å². The number of aromatic nitrogens is 7. The summed E-state index contributed by atoms with van der Waals surface area (Å²) >= 11 is 1.63. The molecule has 0 aromatic carbocycles. The first kappa shape index (κ1) is 17.0. The van der Waals surface area contributed by atoms with Crippen LogP contribution in [0.5, 0.6) is 0 Å². The highest BCUT2D eigenvalue weighted by molar-refractivity contribution is 7.16. The molecular weight excluding hydrogens is 376 g/mol. The first-order valence-electron chi connectivity index (χ1n) is 9.14. The number of fused-ring (bicyclic) bond motifs is 1. The molecule has 4 aromatic heterocycles. The lowest BCUT2D eigenvalue weighted by Crippen LogP contribution is -2.37. The average Bonchev–Trinajstić information content (AvgIpc) is 3.42. The summed E-state index contributed by atoms with van der Waals surface area (Å²) in [6, 6.07) is 5.28. The summed E-state index contributed by atoms with van der Waals surface area (Å²) in [5.41, 5.74) is -0.0953. The molecular formula is C18H18N8OS. The second kappa shape index (κ2) is 7.12. The van der Waals surface area contributed by atoms with Crippen molar-refractivity contribution in [1.29, 1.82) is 0 Å². The van der Waals surface area contributed by atoms with E-state index < -0.39 is 0 Å². The Bertz CT molecular complexity index is 1140. The number of hydrogen-bond donors (Lipinski definition) is 0. The van der Waals surface area contributed by atoms with Gasteiger partial charge >= 0.3 is 0 Å². The molecule has 5 heterocycles. The van der Waals surface area contributed by atoms with Gasteiger partial charge in [-0.15, -0.1) is 16.4 Å². The Balaban J connectivity index is 1.30. The predicted molar refractivity (Wildman–Crippen MR) is 106 cm³/mol. The van der Waals surface area contributed by atoms with E-state index in [4.69, 9.17) is 0 Å². The number of rotatable bonds is 4. The molecule has 0 spiro atoms. The van der Waals surface area contributed by atoms with Crippen molar-refractivity contribution in [1.82, 2.24) is 34.5 Å². The van der Waals surface area contributed by atoms with E-state index in [9.17, 15) is 4.79 Å². The fourth-order valence-corrected chi connectivity index (χ4v) is 4.35. The number of nitrogens with zero attached hydrogens (tertiary/aromatic N) is 8. The number of thiophene rings is 1. The van der Waals surface area contributed by atoms with E-state index in [-0.39, 0.29) is 5.56 Å². The number of anilines is 1. The second-order valence-corrected chi connectivity index (χ2v) is 7.71. The molecule has 4 aromatic rings. The number of piperidine rings is 1. The van der Waals surface area contributed by atoms with Crippen LogP contribution in [0, 0.1) is 5.92 Å². The van der Waals surface area contributed by atoms with Gasteiger partial charge < -0.3 is 4.90 Å². The Morgan fingerprint density at radius 2 is 2.00 bits per heavy atom. The summed E-state index contributed by atoms with van der Waals surface area (Å²) in [6.07, 6.45) is 6.63. The van der Waals surface area contributed by atoms with Crippen molar-refractivity contribution in [2.24, 2.45) is 5.92 Å². The van der Waals surface area contributed by atoms with Crippen LogP contribution < -0.4 is 10.5 Å². The Kier molecular flexibility index (Phi) is 4.32. The van der Waals surface area contributed by atoms with Gasteiger partial charge in [0.25, 0.3) is 5.56 Å². The van der Waals surface area contributed by atoms with Gasteiger partial charge in [0.2, 0.25) is 0 Å². The summed E-state index contributed by atoms with van der Waals surface area (Å²) in [5, 5.41) is 11.7. The van der Waals surface area contributed by atoms with E-state index in [0.29, 0.717) is 18.3 Å². The Morgan fingerprint density at radius 1 is 1.11 bits per heavy atom. The summed E-state index contributed by atoms with van der Waals surface area (Å²) in [4.78, 5) is 28.3. The highest BCUT2D eigenvalue weighted by atomic mass is 32.1. The topological polar surface area (TPSA) is 94.6 Å². The van der Waals surface area contributed by atoms with E-state index in [1.54, 1.807) is 39.4 Å². The fraction of sp³-hybridized carbons (Fsp3) is 0.333. The van der Waals surface area contributed by atoms with Crippen LogP contribution >= 0.6 is 11.3 Å². The molecule has 28 heavy (non-hydrogen) atoms. The van der Waals surface area contributed by atoms with E-state index >= 15 is 0 Å². The fourth-order valence-electron chi connectivity index (χ4n) is 3.62. The molecule has 1 fully saturated rings. The molecule has 0 saturated carbocycles. The van der Waals surface area contributed by atoms with Crippen LogP contribution in [0.4, 0.5) is 5.82 Å². The zero-order valence-electron chi connectivity index (χ0n) is 15.0. The van der Waals surface area contributed by atoms with Crippen molar-refractivity contribution in [3.63, 3.8) is 0 Å². The standard InChI is InChI=1S/C18H18N8OS/c27-16-2-1-15(26-12-19-10-22-26)23-25(16)9-13-3-6-24(7-4-13)17-14-5-8-28-18(14)21-11-20-17/h1-2,5,8,10-13H,3-4,6-7,9H2. The molecule has 0 radical (unpaired) electrons. The maximum atomic E-state index is 12.2. The van der Waals surface area contributed by atoms with Crippen LogP contribution in [-0.2, 0) is 6.54 Å². The Labute approximate surface area is 164 Å². The van der Waals surface area contributed by atoms with Gasteiger partial charge in [-0.2, -0.15) is 5.10 Å². The van der Waals surface area contributed by atoms with Crippen LogP contribution in [0.3, 0.4) is 0 Å². The van der Waals surface area contributed by atoms with Gasteiger partial charge in [0.05, 0.1) is 5.39 Å². The monoisotopic (exact) mass is 394 g/mol. The molecule has 1 aliphatic rings. The quantitative estimate of drug-likeness (QED) is 0.520. The van der Waals surface area contributed by atoms with Crippen molar-refractivity contribution >= 4 is 27.4 Å². The van der Waals surface area contributed by atoms with Crippen LogP contribution in [0.25, 0.3) is 16.0 Å². The van der Waals surface area contributed by atoms with Gasteiger partial charge in [-0.25, -0.2) is 24.3 Å². The SMILES string of the molecule is O=c1ccc(-n2cncn2)nn1CC1CCN(c2ncnc3sccc23)CC1. The molecule has 9 nitrogen and oxygen atoms in total. The van der Waals surface area contributed by atoms with E-state index in [1.807, 2.05) is 0 Å². The molecule has 0 atom stereocenters. The van der Waals surface area contributed by atoms with Gasteiger partial charge in [-0.3, -0.25) is 4.79 Å². The molecule has 1 aliphatic heterocycles. The zero-order valence-corrected chi connectivity index (χ0v) is 15.9. The molecule has 0 amide bonds. The van der Waals surface area contributed by atoms with Crippen LogP contribution in [-0.4, -0.2) is 47.6 Å². The van der Waals surface area contributed by atoms with Crippen molar-refractivity contribution in [3.05, 3.63) is 52.9 Å². The number of hydrogen-bond acceptors (Lipinski definition) is 8. The smallest absolute Gasteiger partial charge is 0.266 e. The third-order valence-corrected chi connectivity index (χ3v) is 5.91. The van der Waals surface area contributed by atoms with Gasteiger partial charge in [0.1, 0.15) is 29.6 Å². The van der Waals surface area contributed by atoms with Crippen LogP contribution in [0.2, 0.25) is 0 Å². The highest BCUT2D eigenvalue weighted by Gasteiger charge is 2.23. The van der Waals surface area contributed by atoms with E-state index in [1.165, 1.54) is 12.4 Å². The van der Waals surface area contributed by atoms with Crippen molar-refractivity contribution < 1.29 is 0 Å². The van der Waals surface area contributed by atoms with Gasteiger partial charge in [0, 0.05) is 25.7 Å². The van der Waals surface area contributed by atoms with Crippen LogP contribution in [0.1, 0.15) is 12.8 Å². The molecule has 5 rings (SSSR count).